The van der Waals surface area contributed by atoms with Crippen LogP contribution in [0, 0.1) is 23.7 Å². The van der Waals surface area contributed by atoms with Gasteiger partial charge in [-0.05, 0) is 36.5 Å². The molecule has 4 unspecified atom stereocenters. The first kappa shape index (κ1) is 41.7. The number of ether oxygens (including phenoxy) is 4. The van der Waals surface area contributed by atoms with E-state index in [1.54, 1.807) is 0 Å². The summed E-state index contributed by atoms with van der Waals surface area (Å²) in [5, 5.41) is 1.86. The Labute approximate surface area is 281 Å². The zero-order chi connectivity index (χ0) is 33.6. The number of carbonyl (C=O) groups excluding carboxylic acids is 2. The maximum Gasteiger partial charge on any atom is 0.328 e. The lowest BCUT2D eigenvalue weighted by molar-refractivity contribution is -0.146. The van der Waals surface area contributed by atoms with Gasteiger partial charge in [-0.3, -0.25) is 9.59 Å². The number of piperidine rings is 2. The molecule has 0 aromatic rings. The average molecular weight is 801 g/mol. The summed E-state index contributed by atoms with van der Waals surface area (Å²) in [6, 6.07) is 0. The van der Waals surface area contributed by atoms with E-state index in [-0.39, 0.29) is 26.1 Å². The van der Waals surface area contributed by atoms with Crippen molar-refractivity contribution in [2.45, 2.75) is 58.1 Å². The van der Waals surface area contributed by atoms with Gasteiger partial charge in [-0.15, -0.1) is 0 Å². The van der Waals surface area contributed by atoms with Gasteiger partial charge in [0.25, 0.3) is 0 Å². The van der Waals surface area contributed by atoms with Crippen molar-refractivity contribution in [2.24, 2.45) is 23.7 Å². The van der Waals surface area contributed by atoms with Crippen molar-refractivity contribution in [3.05, 3.63) is 0 Å². The zero-order valence-electron chi connectivity index (χ0n) is 27.0. The van der Waals surface area contributed by atoms with Crippen LogP contribution in [0.15, 0.2) is 0 Å². The van der Waals surface area contributed by atoms with Crippen molar-refractivity contribution in [2.75, 3.05) is 83.2 Å². The Hall–Kier alpha value is -0.360. The molecule has 3 saturated heterocycles. The Morgan fingerprint density at radius 2 is 1.20 bits per heavy atom. The topological polar surface area (TPSA) is 146 Å². The van der Waals surface area contributed by atoms with Crippen LogP contribution in [0.25, 0.3) is 0 Å². The Morgan fingerprint density at radius 3 is 1.59 bits per heavy atom. The van der Waals surface area contributed by atoms with E-state index >= 15 is 0 Å². The lowest BCUT2D eigenvalue weighted by Gasteiger charge is -2.41. The molecule has 260 valence electrons. The van der Waals surface area contributed by atoms with Gasteiger partial charge in [0, 0.05) is 62.9 Å². The molecule has 0 aliphatic carbocycles. The predicted octanol–water partition coefficient (Wildman–Crippen LogP) is 3.28. The van der Waals surface area contributed by atoms with Crippen LogP contribution in [-0.4, -0.2) is 125 Å². The first-order valence-electron chi connectivity index (χ1n) is 15.0. The van der Waals surface area contributed by atoms with E-state index in [1.165, 1.54) is 22.8 Å². The quantitative estimate of drug-likeness (QED) is 0.184. The molecular weight excluding hydrogens is 748 g/mol. The Balaban J connectivity index is 0.000000372. The highest BCUT2D eigenvalue weighted by molar-refractivity contribution is 9.09. The minimum atomic E-state index is -3.75. The molecule has 0 amide bonds. The highest BCUT2D eigenvalue weighted by Gasteiger charge is 2.55. The number of methoxy groups -OCH3 is 2. The molecule has 0 N–H and O–H groups in total. The molecule has 44 heavy (non-hydrogen) atoms. The molecule has 3 aliphatic rings. The van der Waals surface area contributed by atoms with Crippen LogP contribution in [0.1, 0.15) is 53.4 Å². The minimum Gasteiger partial charge on any atom is -0.468 e. The molecular formula is C28H52Br2N2O10S2. The Kier molecular flexibility index (Phi) is 19.0. The van der Waals surface area contributed by atoms with Crippen molar-refractivity contribution in [3.63, 3.8) is 0 Å². The number of hydrogen-bond acceptors (Lipinski definition) is 10. The van der Waals surface area contributed by atoms with Crippen LogP contribution in [0.2, 0.25) is 0 Å². The molecule has 0 aromatic carbocycles. The van der Waals surface area contributed by atoms with E-state index in [0.29, 0.717) is 49.9 Å². The molecule has 3 fully saturated rings. The molecule has 3 aliphatic heterocycles. The number of esters is 2. The SMILES string of the molecule is BrCCOCCBr.COC(=O)C1(S(=O)(=O)N2CC(C)CC(C)C2)CCOCC1.COC(=O)CS(=O)(=O)N1CC(C)CC(C)C1. The van der Waals surface area contributed by atoms with Crippen LogP contribution in [-0.2, 0) is 48.6 Å². The minimum absolute atomic E-state index is 0.168. The second kappa shape index (κ2) is 20.1. The van der Waals surface area contributed by atoms with Crippen molar-refractivity contribution in [1.82, 2.24) is 8.61 Å². The van der Waals surface area contributed by atoms with Gasteiger partial charge in [0.2, 0.25) is 20.0 Å². The van der Waals surface area contributed by atoms with Gasteiger partial charge in [-0.2, -0.15) is 0 Å². The van der Waals surface area contributed by atoms with E-state index in [1.807, 2.05) is 27.7 Å². The monoisotopic (exact) mass is 798 g/mol. The highest BCUT2D eigenvalue weighted by Crippen LogP contribution is 2.36. The van der Waals surface area contributed by atoms with Crippen molar-refractivity contribution < 1.29 is 45.4 Å². The number of nitrogens with zero attached hydrogens (tertiary/aromatic N) is 2. The molecule has 3 heterocycles. The van der Waals surface area contributed by atoms with E-state index in [0.717, 1.165) is 36.7 Å². The summed E-state index contributed by atoms with van der Waals surface area (Å²) in [6.45, 7) is 12.3. The van der Waals surface area contributed by atoms with Crippen molar-refractivity contribution in [3.8, 4) is 0 Å². The highest BCUT2D eigenvalue weighted by atomic mass is 79.9. The van der Waals surface area contributed by atoms with Crippen molar-refractivity contribution >= 4 is 63.8 Å². The maximum absolute atomic E-state index is 13.1. The smallest absolute Gasteiger partial charge is 0.328 e. The number of sulfonamides is 2. The summed E-state index contributed by atoms with van der Waals surface area (Å²) in [4.78, 5) is 23.3. The summed E-state index contributed by atoms with van der Waals surface area (Å²) in [5.74, 6) is -0.617. The molecule has 3 rings (SSSR count). The zero-order valence-corrected chi connectivity index (χ0v) is 31.8. The number of hydrogen-bond donors (Lipinski definition) is 0. The Morgan fingerprint density at radius 1 is 0.773 bits per heavy atom. The summed E-state index contributed by atoms with van der Waals surface area (Å²) >= 11 is 6.48. The van der Waals surface area contributed by atoms with Gasteiger partial charge in [0.05, 0.1) is 27.4 Å². The van der Waals surface area contributed by atoms with E-state index in [2.05, 4.69) is 36.6 Å². The maximum atomic E-state index is 13.1. The van der Waals surface area contributed by atoms with Crippen LogP contribution < -0.4 is 0 Å². The summed E-state index contributed by atoms with van der Waals surface area (Å²) in [7, 11) is -4.81. The standard InChI is InChI=1S/C14H25NO5S.C10H19NO4S.C4H8Br2O/c1-11-8-12(2)10-15(9-11)21(17,18)14(13(16)19-3)4-6-20-7-5-14;1-8-4-9(2)6-11(5-8)16(13,14)7-10(12)15-3;5-1-3-7-4-2-6/h11-12H,4-10H2,1-3H3;8-9H,4-7H2,1-3H3;1-4H2. The van der Waals surface area contributed by atoms with E-state index in [4.69, 9.17) is 14.2 Å². The van der Waals surface area contributed by atoms with Crippen LogP contribution in [0.4, 0.5) is 0 Å². The third kappa shape index (κ3) is 12.7. The van der Waals surface area contributed by atoms with Crippen molar-refractivity contribution in [1.29, 1.82) is 0 Å². The molecule has 0 radical (unpaired) electrons. The van der Waals surface area contributed by atoms with Gasteiger partial charge < -0.3 is 18.9 Å². The third-order valence-electron chi connectivity index (χ3n) is 7.73. The normalized spacial score (nSPS) is 26.3. The number of halogens is 2. The van der Waals surface area contributed by atoms with Crippen LogP contribution in [0.5, 0.6) is 0 Å². The average Bonchev–Trinajstić information content (AvgIpc) is 2.96. The molecule has 0 bridgehead atoms. The van der Waals surface area contributed by atoms with Gasteiger partial charge >= 0.3 is 11.9 Å². The number of carbonyl (C=O) groups is 2. The Bertz CT molecular complexity index is 1060. The molecule has 0 saturated carbocycles. The second-order valence-electron chi connectivity index (χ2n) is 12.0. The summed E-state index contributed by atoms with van der Waals surface area (Å²) in [5.41, 5.74) is 0. The van der Waals surface area contributed by atoms with Gasteiger partial charge in [0.15, 0.2) is 10.5 Å². The van der Waals surface area contributed by atoms with Gasteiger partial charge in [-0.25, -0.2) is 25.4 Å². The van der Waals surface area contributed by atoms with Crippen LogP contribution >= 0.6 is 31.9 Å². The molecule has 4 atom stereocenters. The first-order valence-corrected chi connectivity index (χ1v) is 20.3. The molecule has 0 aromatic heterocycles. The van der Waals surface area contributed by atoms with Gasteiger partial charge in [-0.1, -0.05) is 59.6 Å². The predicted molar refractivity (Wildman–Crippen MR) is 177 cm³/mol. The fraction of sp³-hybridized carbons (Fsp3) is 0.929. The summed E-state index contributed by atoms with van der Waals surface area (Å²) in [6.07, 6.45) is 2.38. The van der Waals surface area contributed by atoms with Gasteiger partial charge in [0.1, 0.15) is 0 Å². The molecule has 0 spiro atoms. The fourth-order valence-corrected chi connectivity index (χ4v) is 10.2. The number of rotatable bonds is 10. The second-order valence-corrected chi connectivity index (χ2v) is 17.8. The third-order valence-corrected chi connectivity index (χ3v) is 12.6. The largest absolute Gasteiger partial charge is 0.468 e. The lowest BCUT2D eigenvalue weighted by Crippen LogP contribution is -2.58. The lowest BCUT2D eigenvalue weighted by atomic mass is 9.93. The fourth-order valence-electron chi connectivity index (χ4n) is 5.85. The summed E-state index contributed by atoms with van der Waals surface area (Å²) < 4.78 is 70.9. The molecule has 16 heteroatoms. The number of alkyl halides is 2. The van der Waals surface area contributed by atoms with Crippen LogP contribution in [0.3, 0.4) is 0 Å². The van der Waals surface area contributed by atoms with E-state index in [9.17, 15) is 26.4 Å². The molecule has 12 nitrogen and oxygen atoms in total. The first-order chi connectivity index (χ1) is 20.6. The van der Waals surface area contributed by atoms with E-state index < -0.39 is 42.5 Å².